The molecule has 26 heavy (non-hydrogen) atoms. The lowest BCUT2D eigenvalue weighted by Crippen LogP contribution is -2.18. The van der Waals surface area contributed by atoms with E-state index in [0.29, 0.717) is 23.6 Å². The van der Waals surface area contributed by atoms with Gasteiger partial charge in [0, 0.05) is 21.9 Å². The molecule has 0 bridgehead atoms. The van der Waals surface area contributed by atoms with Gasteiger partial charge in [0.05, 0.1) is 12.3 Å². The number of nitrogens with one attached hydrogen (secondary N) is 1. The molecule has 2 aromatic rings. The Kier molecular flexibility index (Phi) is 7.21. The average molecular weight is 419 g/mol. The van der Waals surface area contributed by atoms with Gasteiger partial charge >= 0.3 is 0 Å². The summed E-state index contributed by atoms with van der Waals surface area (Å²) in [5.74, 6) is 0.426. The molecule has 1 heterocycles. The summed E-state index contributed by atoms with van der Waals surface area (Å²) in [5.41, 5.74) is 5.15. The van der Waals surface area contributed by atoms with Gasteiger partial charge < -0.3 is 10.1 Å². The Balaban J connectivity index is 2.45. The first-order valence-electron chi connectivity index (χ1n) is 9.14. The number of pyridine rings is 1. The minimum Gasteiger partial charge on any atom is -0.493 e. The van der Waals surface area contributed by atoms with Crippen molar-refractivity contribution >= 4 is 27.5 Å². The van der Waals surface area contributed by atoms with E-state index >= 15 is 0 Å². The van der Waals surface area contributed by atoms with Crippen LogP contribution in [-0.2, 0) is 12.8 Å². The maximum absolute atomic E-state index is 13.1. The lowest BCUT2D eigenvalue weighted by Gasteiger charge is -2.18. The topological polar surface area (TPSA) is 51.2 Å². The Hall–Kier alpha value is -1.88. The first kappa shape index (κ1) is 20.4. The number of aryl methyl sites for hydroxylation is 4. The molecule has 0 saturated heterocycles. The zero-order valence-corrected chi connectivity index (χ0v) is 17.8. The van der Waals surface area contributed by atoms with Gasteiger partial charge in [-0.1, -0.05) is 36.7 Å². The minimum atomic E-state index is -0.173. The number of ether oxygens (including phenoxy) is 1. The van der Waals surface area contributed by atoms with Crippen LogP contribution in [-0.4, -0.2) is 17.5 Å². The van der Waals surface area contributed by atoms with Gasteiger partial charge in [0.25, 0.3) is 5.91 Å². The molecule has 1 amide bonds. The smallest absolute Gasteiger partial charge is 0.261 e. The van der Waals surface area contributed by atoms with E-state index in [2.05, 4.69) is 52.2 Å². The summed E-state index contributed by atoms with van der Waals surface area (Å²) >= 11 is 3.56. The van der Waals surface area contributed by atoms with Crippen LogP contribution in [0, 0.1) is 13.8 Å². The third-order valence-electron chi connectivity index (χ3n) is 4.25. The van der Waals surface area contributed by atoms with Gasteiger partial charge in [0.15, 0.2) is 0 Å². The third-order valence-corrected chi connectivity index (χ3v) is 4.71. The first-order valence-corrected chi connectivity index (χ1v) is 9.94. The second-order valence-electron chi connectivity index (χ2n) is 6.33. The fraction of sp³-hybridized carbons (Fsp3) is 0.429. The van der Waals surface area contributed by atoms with Crippen LogP contribution in [0.3, 0.4) is 0 Å². The summed E-state index contributed by atoms with van der Waals surface area (Å²) in [6, 6.07) is 5.95. The van der Waals surface area contributed by atoms with Crippen LogP contribution >= 0.6 is 15.9 Å². The van der Waals surface area contributed by atoms with Crippen molar-refractivity contribution in [3.63, 3.8) is 0 Å². The maximum atomic E-state index is 13.1. The van der Waals surface area contributed by atoms with Crippen molar-refractivity contribution in [2.75, 3.05) is 11.9 Å². The van der Waals surface area contributed by atoms with Gasteiger partial charge in [-0.15, -0.1) is 0 Å². The van der Waals surface area contributed by atoms with Gasteiger partial charge in [-0.25, -0.2) is 0 Å². The number of carbonyl (C=O) groups is 1. The summed E-state index contributed by atoms with van der Waals surface area (Å²) in [6.07, 6.45) is 2.56. The van der Waals surface area contributed by atoms with E-state index < -0.39 is 0 Å². The van der Waals surface area contributed by atoms with E-state index in [0.717, 1.165) is 46.2 Å². The van der Waals surface area contributed by atoms with Gasteiger partial charge in [0.1, 0.15) is 11.3 Å². The van der Waals surface area contributed by atoms with Crippen molar-refractivity contribution in [1.29, 1.82) is 0 Å². The molecule has 0 fully saturated rings. The third kappa shape index (κ3) is 4.64. The number of benzene rings is 1. The van der Waals surface area contributed by atoms with E-state index in [4.69, 9.17) is 4.74 Å². The highest BCUT2D eigenvalue weighted by Gasteiger charge is 2.20. The maximum Gasteiger partial charge on any atom is 0.261 e. The molecular formula is C21H27BrN2O2. The summed E-state index contributed by atoms with van der Waals surface area (Å²) < 4.78 is 6.86. The number of hydrogen-bond donors (Lipinski definition) is 1. The van der Waals surface area contributed by atoms with Crippen LogP contribution in [0.4, 0.5) is 5.69 Å². The van der Waals surface area contributed by atoms with Crippen molar-refractivity contribution in [2.45, 2.75) is 53.9 Å². The number of anilines is 1. The molecule has 4 nitrogen and oxygen atoms in total. The van der Waals surface area contributed by atoms with Crippen molar-refractivity contribution < 1.29 is 9.53 Å². The highest BCUT2D eigenvalue weighted by molar-refractivity contribution is 9.10. The Morgan fingerprint density at radius 3 is 2.27 bits per heavy atom. The monoisotopic (exact) mass is 418 g/mol. The van der Waals surface area contributed by atoms with Gasteiger partial charge in [-0.05, 0) is 56.4 Å². The second kappa shape index (κ2) is 9.17. The summed E-state index contributed by atoms with van der Waals surface area (Å²) in [4.78, 5) is 17.6. The van der Waals surface area contributed by atoms with Crippen molar-refractivity contribution in [2.24, 2.45) is 0 Å². The van der Waals surface area contributed by atoms with E-state index in [-0.39, 0.29) is 5.91 Å². The fourth-order valence-corrected chi connectivity index (χ4v) is 3.57. The molecule has 5 heteroatoms. The molecule has 0 aliphatic heterocycles. The van der Waals surface area contributed by atoms with Crippen LogP contribution in [0.1, 0.15) is 60.1 Å². The molecule has 140 valence electrons. The number of aromatic nitrogens is 1. The highest BCUT2D eigenvalue weighted by atomic mass is 79.9. The molecule has 0 aliphatic carbocycles. The lowest BCUT2D eigenvalue weighted by molar-refractivity contribution is 0.102. The molecule has 0 aliphatic rings. The van der Waals surface area contributed by atoms with E-state index in [1.54, 1.807) is 0 Å². The fourth-order valence-electron chi connectivity index (χ4n) is 3.01. The second-order valence-corrected chi connectivity index (χ2v) is 7.25. The Bertz CT molecular complexity index is 778. The summed E-state index contributed by atoms with van der Waals surface area (Å²) in [7, 11) is 0. The molecule has 1 aromatic carbocycles. The largest absolute Gasteiger partial charge is 0.493 e. The zero-order valence-electron chi connectivity index (χ0n) is 16.2. The van der Waals surface area contributed by atoms with Crippen molar-refractivity contribution in [3.05, 3.63) is 50.8 Å². The lowest BCUT2D eigenvalue weighted by atomic mass is 10.0. The number of halogens is 1. The summed E-state index contributed by atoms with van der Waals surface area (Å²) in [6.45, 7) is 10.6. The van der Waals surface area contributed by atoms with Crippen molar-refractivity contribution in [3.8, 4) is 5.75 Å². The molecule has 2 rings (SSSR count). The standard InChI is InChI=1S/C21H27BrN2O2/c1-6-9-26-18-10-13(4)23-14(5)19(18)21(25)24-20-15(7-2)11-17(22)12-16(20)8-3/h10-12H,6-9H2,1-5H3,(H,24,25). The first-order chi connectivity index (χ1) is 12.4. The quantitative estimate of drug-likeness (QED) is 0.633. The van der Waals surface area contributed by atoms with Crippen LogP contribution in [0.2, 0.25) is 0 Å². The summed E-state index contributed by atoms with van der Waals surface area (Å²) in [5, 5.41) is 3.12. The van der Waals surface area contributed by atoms with Crippen LogP contribution < -0.4 is 10.1 Å². The molecule has 1 N–H and O–H groups in total. The molecule has 0 spiro atoms. The molecule has 0 radical (unpaired) electrons. The van der Waals surface area contributed by atoms with E-state index in [1.807, 2.05) is 26.8 Å². The molecular weight excluding hydrogens is 392 g/mol. The van der Waals surface area contributed by atoms with Crippen LogP contribution in [0.15, 0.2) is 22.7 Å². The van der Waals surface area contributed by atoms with Crippen molar-refractivity contribution in [1.82, 2.24) is 4.98 Å². The molecule has 1 aromatic heterocycles. The normalized spacial score (nSPS) is 10.7. The van der Waals surface area contributed by atoms with Gasteiger partial charge in [-0.3, -0.25) is 9.78 Å². The molecule has 0 unspecified atom stereocenters. The van der Waals surface area contributed by atoms with Crippen LogP contribution in [0.5, 0.6) is 5.75 Å². The number of rotatable bonds is 7. The number of amides is 1. The number of carbonyl (C=O) groups excluding carboxylic acids is 1. The predicted molar refractivity (Wildman–Crippen MR) is 110 cm³/mol. The SMILES string of the molecule is CCCOc1cc(C)nc(C)c1C(=O)Nc1c(CC)cc(Br)cc1CC. The van der Waals surface area contributed by atoms with Crippen LogP contribution in [0.25, 0.3) is 0 Å². The van der Waals surface area contributed by atoms with E-state index in [9.17, 15) is 4.79 Å². The average Bonchev–Trinajstić information content (AvgIpc) is 2.60. The zero-order chi connectivity index (χ0) is 19.3. The highest BCUT2D eigenvalue weighted by Crippen LogP contribution is 2.30. The minimum absolute atomic E-state index is 0.173. The van der Waals surface area contributed by atoms with E-state index in [1.165, 1.54) is 0 Å². The number of nitrogens with zero attached hydrogens (tertiary/aromatic N) is 1. The Labute approximate surface area is 164 Å². The van der Waals surface area contributed by atoms with Gasteiger partial charge in [-0.2, -0.15) is 0 Å². The number of hydrogen-bond acceptors (Lipinski definition) is 3. The van der Waals surface area contributed by atoms with Gasteiger partial charge in [0.2, 0.25) is 0 Å². The predicted octanol–water partition coefficient (Wildman–Crippen LogP) is 5.63. The Morgan fingerprint density at radius 2 is 1.73 bits per heavy atom. The Morgan fingerprint density at radius 1 is 1.12 bits per heavy atom. The molecule has 0 atom stereocenters. The molecule has 0 saturated carbocycles.